The number of hydrogen-bond acceptors (Lipinski definition) is 2. The molecule has 0 saturated heterocycles. The Morgan fingerprint density at radius 2 is 2.08 bits per heavy atom. The Hall–Kier alpha value is -1.31. The highest BCUT2D eigenvalue weighted by Gasteiger charge is 2.15. The highest BCUT2D eigenvalue weighted by Crippen LogP contribution is 2.28. The number of nitrogens with one attached hydrogen (secondary N) is 1. The lowest BCUT2D eigenvalue weighted by Gasteiger charge is -2.23. The zero-order valence-corrected chi connectivity index (χ0v) is 7.99. The summed E-state index contributed by atoms with van der Waals surface area (Å²) in [5, 5.41) is 3.45. The maximum atomic E-state index is 4.41. The molecule has 0 spiro atoms. The van der Waals surface area contributed by atoms with Crippen molar-refractivity contribution in [1.29, 1.82) is 0 Å². The topological polar surface area (TPSA) is 24.4 Å². The quantitative estimate of drug-likeness (QED) is 0.695. The summed E-state index contributed by atoms with van der Waals surface area (Å²) < 4.78 is 0. The van der Waals surface area contributed by atoms with Crippen molar-refractivity contribution in [1.82, 2.24) is 0 Å². The van der Waals surface area contributed by atoms with Crippen LogP contribution in [0.1, 0.15) is 13.8 Å². The standard InChI is InChI=1S/C11H14N2/c1-8(2)11-7-12-9-5-3-4-6-10(9)13-11/h3-8,11,13H,1-2H3. The Labute approximate surface area is 78.7 Å². The van der Waals surface area contributed by atoms with Crippen molar-refractivity contribution in [3.05, 3.63) is 24.3 Å². The van der Waals surface area contributed by atoms with Gasteiger partial charge in [-0.25, -0.2) is 0 Å². The van der Waals surface area contributed by atoms with Gasteiger partial charge in [-0.05, 0) is 18.1 Å². The molecule has 0 radical (unpaired) electrons. The van der Waals surface area contributed by atoms with Gasteiger partial charge in [0.15, 0.2) is 0 Å². The van der Waals surface area contributed by atoms with E-state index in [0.717, 1.165) is 11.4 Å². The largest absolute Gasteiger partial charge is 0.375 e. The lowest BCUT2D eigenvalue weighted by atomic mass is 10.0. The Kier molecular flexibility index (Phi) is 2.05. The molecule has 2 rings (SSSR count). The van der Waals surface area contributed by atoms with Crippen molar-refractivity contribution >= 4 is 17.6 Å². The van der Waals surface area contributed by atoms with Gasteiger partial charge in [0.25, 0.3) is 0 Å². The molecule has 1 heterocycles. The van der Waals surface area contributed by atoms with E-state index in [1.54, 1.807) is 0 Å². The maximum absolute atomic E-state index is 4.41. The third-order valence-electron chi connectivity index (χ3n) is 2.32. The lowest BCUT2D eigenvalue weighted by Crippen LogP contribution is -2.28. The van der Waals surface area contributed by atoms with Crippen LogP contribution in [0.25, 0.3) is 0 Å². The Morgan fingerprint density at radius 3 is 2.85 bits per heavy atom. The SMILES string of the molecule is CC(C)C1C=Nc2ccccc2N1. The fourth-order valence-electron chi connectivity index (χ4n) is 1.42. The number of anilines is 1. The smallest absolute Gasteiger partial charge is 0.0858 e. The number of hydrogen-bond donors (Lipinski definition) is 1. The average molecular weight is 174 g/mol. The van der Waals surface area contributed by atoms with E-state index < -0.39 is 0 Å². The molecule has 0 bridgehead atoms. The van der Waals surface area contributed by atoms with Crippen LogP contribution in [-0.4, -0.2) is 12.3 Å². The molecular weight excluding hydrogens is 160 g/mol. The number of rotatable bonds is 1. The summed E-state index contributed by atoms with van der Waals surface area (Å²) in [5.74, 6) is 0.581. The summed E-state index contributed by atoms with van der Waals surface area (Å²) in [6, 6.07) is 8.50. The van der Waals surface area contributed by atoms with Gasteiger partial charge in [-0.2, -0.15) is 0 Å². The van der Waals surface area contributed by atoms with E-state index in [1.807, 2.05) is 24.4 Å². The Balaban J connectivity index is 2.29. The molecule has 0 saturated carbocycles. The second-order valence-corrected chi connectivity index (χ2v) is 3.71. The van der Waals surface area contributed by atoms with E-state index in [9.17, 15) is 0 Å². The van der Waals surface area contributed by atoms with Crippen LogP contribution in [0.2, 0.25) is 0 Å². The molecule has 1 aromatic rings. The summed E-state index contributed by atoms with van der Waals surface area (Å²) in [6.45, 7) is 4.38. The zero-order chi connectivity index (χ0) is 9.26. The van der Waals surface area contributed by atoms with Gasteiger partial charge in [-0.15, -0.1) is 0 Å². The molecule has 1 aliphatic rings. The minimum Gasteiger partial charge on any atom is -0.375 e. The molecule has 68 valence electrons. The Bertz CT molecular complexity index is 329. The zero-order valence-electron chi connectivity index (χ0n) is 7.99. The maximum Gasteiger partial charge on any atom is 0.0858 e. The van der Waals surface area contributed by atoms with Gasteiger partial charge >= 0.3 is 0 Å². The van der Waals surface area contributed by atoms with Crippen LogP contribution in [0.4, 0.5) is 11.4 Å². The molecule has 0 aliphatic carbocycles. The summed E-state index contributed by atoms with van der Waals surface area (Å²) in [5.41, 5.74) is 2.18. The fourth-order valence-corrected chi connectivity index (χ4v) is 1.42. The molecule has 2 heteroatoms. The molecule has 0 aromatic heterocycles. The van der Waals surface area contributed by atoms with Gasteiger partial charge in [-0.1, -0.05) is 26.0 Å². The Morgan fingerprint density at radius 1 is 1.31 bits per heavy atom. The molecule has 1 N–H and O–H groups in total. The summed E-state index contributed by atoms with van der Waals surface area (Å²) in [4.78, 5) is 4.41. The van der Waals surface area contributed by atoms with Gasteiger partial charge < -0.3 is 5.32 Å². The van der Waals surface area contributed by atoms with Crippen LogP contribution in [0.15, 0.2) is 29.3 Å². The minimum atomic E-state index is 0.370. The monoisotopic (exact) mass is 174 g/mol. The normalized spacial score (nSPS) is 19.8. The van der Waals surface area contributed by atoms with E-state index in [4.69, 9.17) is 0 Å². The second-order valence-electron chi connectivity index (χ2n) is 3.71. The van der Waals surface area contributed by atoms with Crippen LogP contribution in [0.3, 0.4) is 0 Å². The molecule has 1 unspecified atom stereocenters. The molecule has 1 atom stereocenters. The first-order valence-corrected chi connectivity index (χ1v) is 4.67. The van der Waals surface area contributed by atoms with Crippen molar-refractivity contribution in [2.75, 3.05) is 5.32 Å². The number of nitrogens with zero attached hydrogens (tertiary/aromatic N) is 1. The van der Waals surface area contributed by atoms with Crippen molar-refractivity contribution in [3.8, 4) is 0 Å². The number of benzene rings is 1. The number of aliphatic imine (C=N–C) groups is 1. The highest BCUT2D eigenvalue weighted by molar-refractivity contribution is 5.83. The molecule has 2 nitrogen and oxygen atoms in total. The van der Waals surface area contributed by atoms with Crippen molar-refractivity contribution < 1.29 is 0 Å². The van der Waals surface area contributed by atoms with Gasteiger partial charge in [0, 0.05) is 6.21 Å². The lowest BCUT2D eigenvalue weighted by molar-refractivity contribution is 0.628. The number of para-hydroxylation sites is 2. The van der Waals surface area contributed by atoms with Crippen LogP contribution in [0, 0.1) is 5.92 Å². The van der Waals surface area contributed by atoms with Gasteiger partial charge in [0.2, 0.25) is 0 Å². The average Bonchev–Trinajstić information content (AvgIpc) is 2.17. The molecule has 1 aromatic carbocycles. The van der Waals surface area contributed by atoms with Gasteiger partial charge in [-0.3, -0.25) is 4.99 Å². The second kappa shape index (κ2) is 3.21. The highest BCUT2D eigenvalue weighted by atomic mass is 15.0. The van der Waals surface area contributed by atoms with Crippen molar-refractivity contribution in [3.63, 3.8) is 0 Å². The van der Waals surface area contributed by atoms with Crippen LogP contribution in [0.5, 0.6) is 0 Å². The van der Waals surface area contributed by atoms with Gasteiger partial charge in [0.05, 0.1) is 17.4 Å². The van der Waals surface area contributed by atoms with E-state index in [2.05, 4.69) is 30.2 Å². The third-order valence-corrected chi connectivity index (χ3v) is 2.32. The predicted molar refractivity (Wildman–Crippen MR) is 56.8 cm³/mol. The van der Waals surface area contributed by atoms with E-state index in [-0.39, 0.29) is 0 Å². The van der Waals surface area contributed by atoms with Crippen LogP contribution in [-0.2, 0) is 0 Å². The fraction of sp³-hybridized carbons (Fsp3) is 0.364. The van der Waals surface area contributed by atoms with E-state index in [0.29, 0.717) is 12.0 Å². The van der Waals surface area contributed by atoms with E-state index in [1.165, 1.54) is 0 Å². The molecule has 0 amide bonds. The predicted octanol–water partition coefficient (Wildman–Crippen LogP) is 2.84. The van der Waals surface area contributed by atoms with Crippen LogP contribution >= 0.6 is 0 Å². The summed E-state index contributed by atoms with van der Waals surface area (Å²) in [7, 11) is 0. The van der Waals surface area contributed by atoms with Crippen LogP contribution < -0.4 is 5.32 Å². The first kappa shape index (κ1) is 8.30. The van der Waals surface area contributed by atoms with Gasteiger partial charge in [0.1, 0.15) is 0 Å². The van der Waals surface area contributed by atoms with Crippen molar-refractivity contribution in [2.24, 2.45) is 10.9 Å². The first-order valence-electron chi connectivity index (χ1n) is 4.67. The minimum absolute atomic E-state index is 0.370. The van der Waals surface area contributed by atoms with Crippen molar-refractivity contribution in [2.45, 2.75) is 19.9 Å². The molecule has 1 aliphatic heterocycles. The summed E-state index contributed by atoms with van der Waals surface area (Å²) >= 11 is 0. The summed E-state index contributed by atoms with van der Waals surface area (Å²) in [6.07, 6.45) is 1.99. The van der Waals surface area contributed by atoms with E-state index >= 15 is 0 Å². The third kappa shape index (κ3) is 1.57. The first-order chi connectivity index (χ1) is 6.27. The number of fused-ring (bicyclic) bond motifs is 1. The molecule has 13 heavy (non-hydrogen) atoms. The molecule has 0 fully saturated rings. The molecular formula is C11H14N2.